The van der Waals surface area contributed by atoms with E-state index in [2.05, 4.69) is 55.3 Å². The number of hydrogen-bond donors (Lipinski definition) is 1. The van der Waals surface area contributed by atoms with Crippen LogP contribution in [-0.2, 0) is 11.2 Å². The number of piperazine rings is 1. The van der Waals surface area contributed by atoms with Gasteiger partial charge in [0, 0.05) is 26.1 Å². The fraction of sp³-hybridized carbons (Fsp3) is 0.611. The third kappa shape index (κ3) is 4.31. The van der Waals surface area contributed by atoms with Crippen molar-refractivity contribution in [1.82, 2.24) is 10.2 Å². The van der Waals surface area contributed by atoms with Gasteiger partial charge in [0.05, 0.1) is 6.04 Å². The smallest absolute Gasteiger partial charge is 0.223 e. The van der Waals surface area contributed by atoms with Crippen molar-refractivity contribution in [1.29, 1.82) is 0 Å². The van der Waals surface area contributed by atoms with Gasteiger partial charge in [-0.25, -0.2) is 0 Å². The molecule has 1 aliphatic heterocycles. The van der Waals surface area contributed by atoms with Crippen molar-refractivity contribution in [2.75, 3.05) is 19.6 Å². The van der Waals surface area contributed by atoms with Crippen molar-refractivity contribution < 1.29 is 4.79 Å². The minimum absolute atomic E-state index is 0.185. The van der Waals surface area contributed by atoms with Crippen LogP contribution in [0.25, 0.3) is 0 Å². The summed E-state index contributed by atoms with van der Waals surface area (Å²) < 4.78 is 0. The first-order chi connectivity index (χ1) is 10.1. The van der Waals surface area contributed by atoms with E-state index in [0.717, 1.165) is 32.5 Å². The molecule has 1 N–H and O–H groups in total. The molecular weight excluding hydrogens is 260 g/mol. The van der Waals surface area contributed by atoms with Crippen molar-refractivity contribution in [3.8, 4) is 0 Å². The van der Waals surface area contributed by atoms with E-state index in [1.54, 1.807) is 0 Å². The lowest BCUT2D eigenvalue weighted by Gasteiger charge is -2.37. The van der Waals surface area contributed by atoms with Crippen molar-refractivity contribution >= 4 is 5.91 Å². The number of aryl methyl sites for hydroxylation is 1. The van der Waals surface area contributed by atoms with E-state index in [9.17, 15) is 4.79 Å². The molecule has 0 radical (unpaired) electrons. The summed E-state index contributed by atoms with van der Waals surface area (Å²) >= 11 is 0. The third-order valence-corrected chi connectivity index (χ3v) is 4.27. The van der Waals surface area contributed by atoms with Gasteiger partial charge in [0.2, 0.25) is 5.91 Å². The van der Waals surface area contributed by atoms with Gasteiger partial charge in [-0.15, -0.1) is 0 Å². The van der Waals surface area contributed by atoms with E-state index >= 15 is 0 Å². The molecule has 1 amide bonds. The molecule has 1 aliphatic rings. The molecule has 1 unspecified atom stereocenters. The third-order valence-electron chi connectivity index (χ3n) is 4.27. The summed E-state index contributed by atoms with van der Waals surface area (Å²) in [4.78, 5) is 14.6. The molecule has 1 heterocycles. The highest BCUT2D eigenvalue weighted by Crippen LogP contribution is 2.24. The Kier molecular flexibility index (Phi) is 5.80. The van der Waals surface area contributed by atoms with Gasteiger partial charge >= 0.3 is 0 Å². The van der Waals surface area contributed by atoms with Crippen LogP contribution in [0.15, 0.2) is 24.3 Å². The lowest BCUT2D eigenvalue weighted by molar-refractivity contribution is -0.134. The monoisotopic (exact) mass is 288 g/mol. The number of carbonyl (C=O) groups is 1. The number of nitrogens with one attached hydrogen (secondary N) is 1. The molecule has 0 aliphatic carbocycles. The molecule has 0 bridgehead atoms. The molecule has 21 heavy (non-hydrogen) atoms. The van der Waals surface area contributed by atoms with Gasteiger partial charge < -0.3 is 10.2 Å². The van der Waals surface area contributed by atoms with Gasteiger partial charge in [-0.1, -0.05) is 45.0 Å². The van der Waals surface area contributed by atoms with Gasteiger partial charge in [0.1, 0.15) is 0 Å². The Hall–Kier alpha value is -1.35. The van der Waals surface area contributed by atoms with E-state index in [-0.39, 0.29) is 6.04 Å². The quantitative estimate of drug-likeness (QED) is 0.902. The van der Waals surface area contributed by atoms with E-state index in [1.165, 1.54) is 11.1 Å². The van der Waals surface area contributed by atoms with Crippen LogP contribution in [0.4, 0.5) is 0 Å². The average Bonchev–Trinajstić information content (AvgIpc) is 2.52. The van der Waals surface area contributed by atoms with E-state index in [1.807, 2.05) is 0 Å². The predicted octanol–water partition coefficient (Wildman–Crippen LogP) is 3.16. The molecule has 116 valence electrons. The molecule has 3 heteroatoms. The maximum absolute atomic E-state index is 12.5. The zero-order valence-electron chi connectivity index (χ0n) is 13.6. The van der Waals surface area contributed by atoms with Crippen LogP contribution in [0.5, 0.6) is 0 Å². The number of rotatable bonds is 5. The topological polar surface area (TPSA) is 32.3 Å². The minimum atomic E-state index is 0.185. The second-order valence-electron chi connectivity index (χ2n) is 6.33. The molecule has 0 saturated carbocycles. The maximum Gasteiger partial charge on any atom is 0.223 e. The van der Waals surface area contributed by atoms with Gasteiger partial charge in [0.25, 0.3) is 0 Å². The Labute approximate surface area is 128 Å². The Morgan fingerprint density at radius 2 is 2.05 bits per heavy atom. The average molecular weight is 288 g/mol. The van der Waals surface area contributed by atoms with Crippen LogP contribution in [-0.4, -0.2) is 30.4 Å². The summed E-state index contributed by atoms with van der Waals surface area (Å²) in [6, 6.07) is 8.91. The first-order valence-electron chi connectivity index (χ1n) is 8.20. The minimum Gasteiger partial charge on any atom is -0.333 e. The Balaban J connectivity index is 2.08. The molecular formula is C18H28N2O. The highest BCUT2D eigenvalue weighted by atomic mass is 16.2. The van der Waals surface area contributed by atoms with Gasteiger partial charge in [-0.3, -0.25) is 4.79 Å². The van der Waals surface area contributed by atoms with Crippen LogP contribution in [0.1, 0.15) is 50.8 Å². The zero-order chi connectivity index (χ0) is 15.2. The first-order valence-corrected chi connectivity index (χ1v) is 8.20. The fourth-order valence-electron chi connectivity index (χ4n) is 2.83. The van der Waals surface area contributed by atoms with Crippen molar-refractivity contribution in [2.45, 2.75) is 46.1 Å². The number of nitrogens with zero attached hydrogens (tertiary/aromatic N) is 1. The summed E-state index contributed by atoms with van der Waals surface area (Å²) in [5, 5.41) is 3.42. The predicted molar refractivity (Wildman–Crippen MR) is 87.2 cm³/mol. The summed E-state index contributed by atoms with van der Waals surface area (Å²) in [5.41, 5.74) is 2.59. The molecule has 2 rings (SSSR count). The van der Waals surface area contributed by atoms with Crippen LogP contribution < -0.4 is 5.32 Å². The lowest BCUT2D eigenvalue weighted by atomic mass is 9.99. The normalized spacial score (nSPS) is 19.0. The summed E-state index contributed by atoms with van der Waals surface area (Å²) in [5.74, 6) is 0.883. The van der Waals surface area contributed by atoms with Gasteiger partial charge in [0.15, 0.2) is 0 Å². The Morgan fingerprint density at radius 1 is 1.33 bits per heavy atom. The fourth-order valence-corrected chi connectivity index (χ4v) is 2.83. The van der Waals surface area contributed by atoms with Gasteiger partial charge in [-0.05, 0) is 29.9 Å². The SMILES string of the molecule is CCc1ccc(C2CNCCN2C(=O)CCC(C)C)cc1. The molecule has 1 aromatic rings. The van der Waals surface area contributed by atoms with E-state index in [4.69, 9.17) is 0 Å². The van der Waals surface area contributed by atoms with Gasteiger partial charge in [-0.2, -0.15) is 0 Å². The van der Waals surface area contributed by atoms with Crippen LogP contribution >= 0.6 is 0 Å². The summed E-state index contributed by atoms with van der Waals surface area (Å²) in [6.07, 6.45) is 2.70. The van der Waals surface area contributed by atoms with Crippen LogP contribution in [0.2, 0.25) is 0 Å². The molecule has 1 atom stereocenters. The largest absolute Gasteiger partial charge is 0.333 e. The highest BCUT2D eigenvalue weighted by molar-refractivity contribution is 5.77. The summed E-state index contributed by atoms with van der Waals surface area (Å²) in [6.45, 7) is 9.09. The molecule has 0 spiro atoms. The second-order valence-corrected chi connectivity index (χ2v) is 6.33. The number of carbonyl (C=O) groups excluding carboxylic acids is 1. The van der Waals surface area contributed by atoms with Crippen LogP contribution in [0.3, 0.4) is 0 Å². The molecule has 1 aromatic carbocycles. The lowest BCUT2D eigenvalue weighted by Crippen LogP contribution is -2.48. The Bertz CT molecular complexity index is 453. The second kappa shape index (κ2) is 7.60. The number of amides is 1. The maximum atomic E-state index is 12.5. The zero-order valence-corrected chi connectivity index (χ0v) is 13.6. The summed E-state index contributed by atoms with van der Waals surface area (Å²) in [7, 11) is 0. The van der Waals surface area contributed by atoms with E-state index < -0.39 is 0 Å². The molecule has 1 fully saturated rings. The number of hydrogen-bond acceptors (Lipinski definition) is 2. The van der Waals surface area contributed by atoms with Crippen molar-refractivity contribution in [3.05, 3.63) is 35.4 Å². The van der Waals surface area contributed by atoms with Crippen molar-refractivity contribution in [3.63, 3.8) is 0 Å². The molecule has 0 aromatic heterocycles. The van der Waals surface area contributed by atoms with E-state index in [0.29, 0.717) is 18.2 Å². The molecule has 1 saturated heterocycles. The number of benzene rings is 1. The standard InChI is InChI=1S/C18H28N2O/c1-4-15-6-8-16(9-7-15)17-13-19-11-12-20(17)18(21)10-5-14(2)3/h6-9,14,17,19H,4-5,10-13H2,1-3H3. The van der Waals surface area contributed by atoms with Crippen molar-refractivity contribution in [2.24, 2.45) is 5.92 Å². The molecule has 3 nitrogen and oxygen atoms in total. The highest BCUT2D eigenvalue weighted by Gasteiger charge is 2.27. The Morgan fingerprint density at radius 3 is 2.67 bits per heavy atom. The first kappa shape index (κ1) is 16.0. The van der Waals surface area contributed by atoms with Crippen LogP contribution in [0, 0.1) is 5.92 Å².